The number of rotatable bonds is 6. The number of halogens is 1. The molecule has 2 aromatic carbocycles. The maximum atomic E-state index is 14.4. The summed E-state index contributed by atoms with van der Waals surface area (Å²) in [5.41, 5.74) is 1.98. The van der Waals surface area contributed by atoms with E-state index in [9.17, 15) is 23.6 Å². The molecule has 0 bridgehead atoms. The van der Waals surface area contributed by atoms with Gasteiger partial charge in [0.2, 0.25) is 0 Å². The first-order valence-electron chi connectivity index (χ1n) is 15.3. The Kier molecular flexibility index (Phi) is 7.44. The van der Waals surface area contributed by atoms with Crippen LogP contribution < -0.4 is 16.6 Å². The fourth-order valence-electron chi connectivity index (χ4n) is 6.58. The van der Waals surface area contributed by atoms with E-state index in [-0.39, 0.29) is 23.0 Å². The summed E-state index contributed by atoms with van der Waals surface area (Å²) in [6, 6.07) is 14.8. The molecule has 0 radical (unpaired) electrons. The van der Waals surface area contributed by atoms with Crippen molar-refractivity contribution in [1.82, 2.24) is 29.0 Å². The predicted molar refractivity (Wildman–Crippen MR) is 166 cm³/mol. The van der Waals surface area contributed by atoms with Crippen molar-refractivity contribution in [2.45, 2.75) is 63.6 Å². The number of hydrogen-bond acceptors (Lipinski definition) is 6. The van der Waals surface area contributed by atoms with Gasteiger partial charge in [0.1, 0.15) is 23.6 Å². The second-order valence-corrected chi connectivity index (χ2v) is 11.8. The minimum absolute atomic E-state index is 0.00881. The van der Waals surface area contributed by atoms with Crippen LogP contribution in [0.25, 0.3) is 27.8 Å². The Bertz CT molecular complexity index is 2030. The van der Waals surface area contributed by atoms with Gasteiger partial charge in [-0.25, -0.2) is 23.7 Å². The third-order valence-electron chi connectivity index (χ3n) is 8.91. The third kappa shape index (κ3) is 5.39. The molecule has 3 aromatic heterocycles. The lowest BCUT2D eigenvalue weighted by Crippen LogP contribution is -2.45. The summed E-state index contributed by atoms with van der Waals surface area (Å²) >= 11 is 0. The number of aldehydes is 1. The van der Waals surface area contributed by atoms with E-state index in [4.69, 9.17) is 0 Å². The second-order valence-electron chi connectivity index (χ2n) is 11.8. The number of carbonyl (C=O) groups is 2. The molecule has 0 saturated heterocycles. The molecule has 7 rings (SSSR count). The van der Waals surface area contributed by atoms with Crippen LogP contribution >= 0.6 is 0 Å². The van der Waals surface area contributed by atoms with Crippen molar-refractivity contribution < 1.29 is 14.0 Å². The maximum absolute atomic E-state index is 14.4. The number of nitrogens with zero attached hydrogens (tertiary/aromatic N) is 5. The van der Waals surface area contributed by atoms with E-state index in [1.807, 2.05) is 29.0 Å². The van der Waals surface area contributed by atoms with Gasteiger partial charge in [0.25, 0.3) is 11.5 Å². The molecule has 0 unspecified atom stereocenters. The monoisotopic (exact) mass is 606 g/mol. The van der Waals surface area contributed by atoms with Gasteiger partial charge in [-0.3, -0.25) is 19.0 Å². The number of nitrogens with one attached hydrogen (secondary N) is 1. The summed E-state index contributed by atoms with van der Waals surface area (Å²) in [6.45, 7) is 0.872. The average molecular weight is 607 g/mol. The van der Waals surface area contributed by atoms with E-state index in [1.54, 1.807) is 30.3 Å². The normalized spacial score (nSPS) is 18.0. The van der Waals surface area contributed by atoms with Crippen molar-refractivity contribution in [1.29, 1.82) is 0 Å². The SMILES string of the molecule is O=Cc1ccc(-c2cccc(-n3c(=O)n([C@H]4CC[C@@H](NC(=O)c5cn6c(n5)CCCC6)CC4)c(=O)c4cc(F)cnc43)c2)cc1. The van der Waals surface area contributed by atoms with Crippen LogP contribution in [0.5, 0.6) is 0 Å². The van der Waals surface area contributed by atoms with Gasteiger partial charge in [-0.2, -0.15) is 0 Å². The summed E-state index contributed by atoms with van der Waals surface area (Å²) in [7, 11) is 0. The van der Waals surface area contributed by atoms with Gasteiger partial charge in [0.15, 0.2) is 5.65 Å². The molecule has 4 heterocycles. The Balaban J connectivity index is 1.19. The molecule has 2 aliphatic rings. The molecule has 1 aliphatic heterocycles. The number of aryl methyl sites for hydroxylation is 2. The highest BCUT2D eigenvalue weighted by molar-refractivity contribution is 5.92. The van der Waals surface area contributed by atoms with E-state index < -0.39 is 23.1 Å². The molecule has 11 heteroatoms. The third-order valence-corrected chi connectivity index (χ3v) is 8.91. The van der Waals surface area contributed by atoms with Gasteiger partial charge in [-0.1, -0.05) is 36.4 Å². The second kappa shape index (κ2) is 11.7. The Morgan fingerprint density at radius 1 is 0.978 bits per heavy atom. The lowest BCUT2D eigenvalue weighted by atomic mass is 9.90. The lowest BCUT2D eigenvalue weighted by molar-refractivity contribution is 0.0917. The molecular formula is C34H31FN6O4. The molecule has 45 heavy (non-hydrogen) atoms. The van der Waals surface area contributed by atoms with Gasteiger partial charge in [-0.05, 0) is 67.9 Å². The number of amides is 1. The van der Waals surface area contributed by atoms with Crippen LogP contribution in [-0.4, -0.2) is 41.9 Å². The molecule has 10 nitrogen and oxygen atoms in total. The first-order chi connectivity index (χ1) is 21.9. The minimum atomic E-state index is -0.673. The van der Waals surface area contributed by atoms with Crippen molar-refractivity contribution in [2.75, 3.05) is 0 Å². The standard InChI is InChI=1S/C34H31FN6O4/c35-24-17-28-31(36-18-24)40(27-5-3-4-23(16-27)22-9-7-21(20-42)8-10-22)34(45)41(33(28)44)26-13-11-25(12-14-26)37-32(43)29-19-39-15-2-1-6-30(39)38-29/h3-5,7-10,16-20,25-26H,1-2,6,11-15H2,(H,37,43)/t25-,26+. The number of pyridine rings is 1. The lowest BCUT2D eigenvalue weighted by Gasteiger charge is -2.30. The Hall–Kier alpha value is -5.19. The van der Waals surface area contributed by atoms with Crippen LogP contribution in [0.15, 0.2) is 76.6 Å². The van der Waals surface area contributed by atoms with E-state index in [2.05, 4.69) is 15.3 Å². The molecule has 0 spiro atoms. The smallest absolute Gasteiger partial charge is 0.337 e. The summed E-state index contributed by atoms with van der Waals surface area (Å²) in [5.74, 6) is 0.0508. The highest BCUT2D eigenvalue weighted by Crippen LogP contribution is 2.28. The zero-order valence-electron chi connectivity index (χ0n) is 24.5. The van der Waals surface area contributed by atoms with Crippen LogP contribution in [-0.2, 0) is 13.0 Å². The number of hydrogen-bond donors (Lipinski definition) is 1. The Morgan fingerprint density at radius 3 is 2.53 bits per heavy atom. The summed E-state index contributed by atoms with van der Waals surface area (Å²) in [5, 5.41) is 3.09. The number of imidazole rings is 1. The largest absolute Gasteiger partial charge is 0.348 e. The van der Waals surface area contributed by atoms with Crippen molar-refractivity contribution in [2.24, 2.45) is 0 Å². The number of fused-ring (bicyclic) bond motifs is 2. The molecule has 5 aromatic rings. The highest BCUT2D eigenvalue weighted by atomic mass is 19.1. The van der Waals surface area contributed by atoms with Crippen molar-refractivity contribution in [3.63, 3.8) is 0 Å². The fraction of sp³-hybridized carbons (Fsp3) is 0.294. The number of carbonyl (C=O) groups excluding carboxylic acids is 2. The predicted octanol–water partition coefficient (Wildman–Crippen LogP) is 4.61. The van der Waals surface area contributed by atoms with E-state index in [0.29, 0.717) is 42.6 Å². The molecule has 1 aliphatic carbocycles. The van der Waals surface area contributed by atoms with Gasteiger partial charge in [-0.15, -0.1) is 0 Å². The van der Waals surface area contributed by atoms with Crippen LogP contribution in [0.1, 0.15) is 71.2 Å². The summed E-state index contributed by atoms with van der Waals surface area (Å²) in [6.07, 6.45) is 8.71. The molecule has 1 fully saturated rings. The Morgan fingerprint density at radius 2 is 1.78 bits per heavy atom. The molecule has 1 N–H and O–H groups in total. The van der Waals surface area contributed by atoms with Gasteiger partial charge in [0.05, 0.1) is 17.3 Å². The molecule has 0 atom stereocenters. The summed E-state index contributed by atoms with van der Waals surface area (Å²) < 4.78 is 19.0. The van der Waals surface area contributed by atoms with Crippen LogP contribution in [0.4, 0.5) is 4.39 Å². The quantitative estimate of drug-likeness (QED) is 0.282. The van der Waals surface area contributed by atoms with Crippen molar-refractivity contribution in [3.8, 4) is 16.8 Å². The van der Waals surface area contributed by atoms with Crippen molar-refractivity contribution in [3.05, 3.63) is 111 Å². The van der Waals surface area contributed by atoms with Crippen LogP contribution in [0.3, 0.4) is 0 Å². The molecule has 1 saturated carbocycles. The highest BCUT2D eigenvalue weighted by Gasteiger charge is 2.29. The minimum Gasteiger partial charge on any atom is -0.348 e. The van der Waals surface area contributed by atoms with Crippen LogP contribution in [0.2, 0.25) is 0 Å². The first kappa shape index (κ1) is 28.6. The van der Waals surface area contributed by atoms with E-state index >= 15 is 0 Å². The Labute approximate surface area is 257 Å². The maximum Gasteiger partial charge on any atom is 0.337 e. The van der Waals surface area contributed by atoms with E-state index in [1.165, 1.54) is 9.13 Å². The zero-order chi connectivity index (χ0) is 31.1. The fourth-order valence-corrected chi connectivity index (χ4v) is 6.58. The van der Waals surface area contributed by atoms with E-state index in [0.717, 1.165) is 61.3 Å². The molecule has 1 amide bonds. The number of benzene rings is 2. The number of aromatic nitrogens is 5. The zero-order valence-corrected chi connectivity index (χ0v) is 24.5. The first-order valence-corrected chi connectivity index (χ1v) is 15.3. The summed E-state index contributed by atoms with van der Waals surface area (Å²) in [4.78, 5) is 60.6. The molecular weight excluding hydrogens is 575 g/mol. The van der Waals surface area contributed by atoms with Gasteiger partial charge in [0, 0.05) is 36.8 Å². The average Bonchev–Trinajstić information content (AvgIpc) is 3.51. The molecule has 228 valence electrons. The van der Waals surface area contributed by atoms with Crippen LogP contribution in [0, 0.1) is 5.82 Å². The van der Waals surface area contributed by atoms with Crippen molar-refractivity contribution >= 4 is 23.2 Å². The van der Waals surface area contributed by atoms with Gasteiger partial charge >= 0.3 is 5.69 Å². The van der Waals surface area contributed by atoms with Gasteiger partial charge < -0.3 is 9.88 Å². The topological polar surface area (TPSA) is 121 Å².